The molecule has 0 aliphatic heterocycles. The van der Waals surface area contributed by atoms with Crippen LogP contribution in [0.1, 0.15) is 25.6 Å². The summed E-state index contributed by atoms with van der Waals surface area (Å²) >= 11 is 10.8. The first-order valence-electron chi connectivity index (χ1n) is 5.23. The Bertz CT molecular complexity index is 381. The summed E-state index contributed by atoms with van der Waals surface area (Å²) in [4.78, 5) is 12.6. The number of carbonyl (C=O) groups excluding carboxylic acids is 1. The quantitative estimate of drug-likeness (QED) is 0.884. The van der Waals surface area contributed by atoms with E-state index in [9.17, 15) is 4.79 Å². The molecule has 0 aliphatic carbocycles. The van der Waals surface area contributed by atoms with Crippen molar-refractivity contribution in [3.63, 3.8) is 0 Å². The Labute approximate surface area is 119 Å². The highest BCUT2D eigenvalue weighted by atomic mass is 79.9. The molecule has 1 aromatic rings. The second kappa shape index (κ2) is 6.18. The largest absolute Gasteiger partial charge is 0.350 e. The van der Waals surface area contributed by atoms with Gasteiger partial charge >= 0.3 is 0 Å². The van der Waals surface area contributed by atoms with E-state index in [0.29, 0.717) is 13.1 Å². The van der Waals surface area contributed by atoms with Crippen molar-refractivity contribution in [3.05, 3.63) is 19.8 Å². The third-order valence-electron chi connectivity index (χ3n) is 1.80. The molecule has 2 N–H and O–H groups in total. The SMILES string of the molecule is CC(C)(C)NC(=O)CNCc1cc(Br)c(Cl)s1. The van der Waals surface area contributed by atoms with Gasteiger partial charge in [0, 0.05) is 21.4 Å². The molecule has 1 heterocycles. The van der Waals surface area contributed by atoms with Gasteiger partial charge in [-0.05, 0) is 42.8 Å². The molecule has 0 saturated carbocycles. The maximum Gasteiger partial charge on any atom is 0.234 e. The molecule has 1 rings (SSSR count). The summed E-state index contributed by atoms with van der Waals surface area (Å²) in [6, 6.07) is 1.96. The van der Waals surface area contributed by atoms with Crippen molar-refractivity contribution in [3.8, 4) is 0 Å². The molecule has 0 unspecified atom stereocenters. The van der Waals surface area contributed by atoms with Crippen molar-refractivity contribution in [2.24, 2.45) is 0 Å². The Morgan fingerprint density at radius 1 is 1.53 bits per heavy atom. The normalized spacial score (nSPS) is 11.6. The zero-order valence-corrected chi connectivity index (χ0v) is 13.2. The maximum atomic E-state index is 11.5. The Morgan fingerprint density at radius 3 is 2.65 bits per heavy atom. The van der Waals surface area contributed by atoms with Gasteiger partial charge in [0.1, 0.15) is 4.34 Å². The van der Waals surface area contributed by atoms with Crippen LogP contribution in [0.3, 0.4) is 0 Å². The Kier molecular flexibility index (Phi) is 5.44. The minimum atomic E-state index is -0.186. The fraction of sp³-hybridized carbons (Fsp3) is 0.545. The summed E-state index contributed by atoms with van der Waals surface area (Å²) in [6.07, 6.45) is 0. The van der Waals surface area contributed by atoms with Gasteiger partial charge < -0.3 is 10.6 Å². The molecule has 6 heteroatoms. The molecule has 1 aromatic heterocycles. The number of nitrogens with one attached hydrogen (secondary N) is 2. The van der Waals surface area contributed by atoms with Crippen molar-refractivity contribution in [1.29, 1.82) is 0 Å². The van der Waals surface area contributed by atoms with Gasteiger partial charge in [-0.1, -0.05) is 11.6 Å². The molecular formula is C11H16BrClN2OS. The number of hydrogen-bond donors (Lipinski definition) is 2. The predicted octanol–water partition coefficient (Wildman–Crippen LogP) is 3.17. The number of hydrogen-bond acceptors (Lipinski definition) is 3. The fourth-order valence-electron chi connectivity index (χ4n) is 1.24. The van der Waals surface area contributed by atoms with Crippen molar-refractivity contribution in [2.45, 2.75) is 32.9 Å². The van der Waals surface area contributed by atoms with Crippen LogP contribution in [0.25, 0.3) is 0 Å². The number of halogens is 2. The minimum Gasteiger partial charge on any atom is -0.350 e. The van der Waals surface area contributed by atoms with E-state index >= 15 is 0 Å². The molecule has 1 amide bonds. The standard InChI is InChI=1S/C11H16BrClN2OS/c1-11(2,3)15-9(16)6-14-5-7-4-8(12)10(13)17-7/h4,14H,5-6H2,1-3H3,(H,15,16). The monoisotopic (exact) mass is 338 g/mol. The summed E-state index contributed by atoms with van der Waals surface area (Å²) in [6.45, 7) is 6.83. The third-order valence-corrected chi connectivity index (χ3v) is 4.27. The average molecular weight is 340 g/mol. The van der Waals surface area contributed by atoms with Crippen molar-refractivity contribution >= 4 is 44.8 Å². The topological polar surface area (TPSA) is 41.1 Å². The Hall–Kier alpha value is -0.100. The molecular weight excluding hydrogens is 324 g/mol. The molecule has 96 valence electrons. The molecule has 3 nitrogen and oxygen atoms in total. The van der Waals surface area contributed by atoms with Crippen molar-refractivity contribution in [2.75, 3.05) is 6.54 Å². The predicted molar refractivity (Wildman–Crippen MR) is 76.6 cm³/mol. The maximum absolute atomic E-state index is 11.5. The van der Waals surface area contributed by atoms with Crippen LogP contribution in [0.4, 0.5) is 0 Å². The summed E-state index contributed by atoms with van der Waals surface area (Å²) in [7, 11) is 0. The van der Waals surface area contributed by atoms with Crippen LogP contribution in [0.5, 0.6) is 0 Å². The fourth-order valence-corrected chi connectivity index (χ4v) is 3.00. The molecule has 0 saturated heterocycles. The van der Waals surface area contributed by atoms with Crippen LogP contribution in [0, 0.1) is 0 Å². The average Bonchev–Trinajstić information content (AvgIpc) is 2.43. The lowest BCUT2D eigenvalue weighted by Gasteiger charge is -2.20. The van der Waals surface area contributed by atoms with Gasteiger partial charge in [-0.15, -0.1) is 11.3 Å². The van der Waals surface area contributed by atoms with Gasteiger partial charge in [-0.2, -0.15) is 0 Å². The highest BCUT2D eigenvalue weighted by Gasteiger charge is 2.13. The van der Waals surface area contributed by atoms with Gasteiger partial charge in [0.05, 0.1) is 6.54 Å². The van der Waals surface area contributed by atoms with Crippen LogP contribution < -0.4 is 10.6 Å². The molecule has 0 aliphatic rings. The highest BCUT2D eigenvalue weighted by Crippen LogP contribution is 2.31. The van der Waals surface area contributed by atoms with Crippen LogP contribution in [-0.2, 0) is 11.3 Å². The molecule has 0 spiro atoms. The van der Waals surface area contributed by atoms with Crippen LogP contribution in [0.2, 0.25) is 4.34 Å². The van der Waals surface area contributed by atoms with Gasteiger partial charge in [0.2, 0.25) is 5.91 Å². The van der Waals surface area contributed by atoms with Crippen LogP contribution >= 0.6 is 38.9 Å². The first-order valence-corrected chi connectivity index (χ1v) is 7.22. The number of thiophene rings is 1. The Morgan fingerprint density at radius 2 is 2.18 bits per heavy atom. The number of rotatable bonds is 4. The van der Waals surface area contributed by atoms with Gasteiger partial charge in [0.25, 0.3) is 0 Å². The summed E-state index contributed by atoms with van der Waals surface area (Å²) in [5.74, 6) is -0.000723. The van der Waals surface area contributed by atoms with Gasteiger partial charge in [-0.25, -0.2) is 0 Å². The van der Waals surface area contributed by atoms with Crippen LogP contribution in [-0.4, -0.2) is 18.0 Å². The third kappa shape index (κ3) is 5.86. The molecule has 0 fully saturated rings. The van der Waals surface area contributed by atoms with Crippen molar-refractivity contribution in [1.82, 2.24) is 10.6 Å². The first-order chi connectivity index (χ1) is 7.78. The highest BCUT2D eigenvalue weighted by molar-refractivity contribution is 9.10. The first kappa shape index (κ1) is 15.0. The lowest BCUT2D eigenvalue weighted by molar-refractivity contribution is -0.121. The summed E-state index contributed by atoms with van der Waals surface area (Å²) < 4.78 is 1.64. The zero-order chi connectivity index (χ0) is 13.1. The lowest BCUT2D eigenvalue weighted by Crippen LogP contribution is -2.44. The van der Waals surface area contributed by atoms with E-state index in [0.717, 1.165) is 13.7 Å². The van der Waals surface area contributed by atoms with Gasteiger partial charge in [-0.3, -0.25) is 4.79 Å². The smallest absolute Gasteiger partial charge is 0.234 e. The summed E-state index contributed by atoms with van der Waals surface area (Å²) in [5.41, 5.74) is -0.186. The van der Waals surface area contributed by atoms with E-state index in [1.54, 1.807) is 0 Å². The summed E-state index contributed by atoms with van der Waals surface area (Å²) in [5, 5.41) is 5.97. The molecule has 0 atom stereocenters. The number of carbonyl (C=O) groups is 1. The Balaban J connectivity index is 2.31. The zero-order valence-electron chi connectivity index (χ0n) is 10.1. The van der Waals surface area contributed by atoms with E-state index in [2.05, 4.69) is 26.6 Å². The minimum absolute atomic E-state index is 0.000723. The second-order valence-corrected chi connectivity index (χ2v) is 7.33. The number of amides is 1. The van der Waals surface area contributed by atoms with E-state index < -0.39 is 0 Å². The van der Waals surface area contributed by atoms with E-state index in [-0.39, 0.29) is 11.4 Å². The van der Waals surface area contributed by atoms with Gasteiger partial charge in [0.15, 0.2) is 0 Å². The molecule has 0 bridgehead atoms. The van der Waals surface area contributed by atoms with Crippen molar-refractivity contribution < 1.29 is 4.79 Å². The van der Waals surface area contributed by atoms with E-state index in [4.69, 9.17) is 11.6 Å². The molecule has 0 radical (unpaired) electrons. The second-order valence-electron chi connectivity index (χ2n) is 4.74. The molecule has 17 heavy (non-hydrogen) atoms. The van der Waals surface area contributed by atoms with E-state index in [1.807, 2.05) is 26.8 Å². The van der Waals surface area contributed by atoms with Crippen LogP contribution in [0.15, 0.2) is 10.5 Å². The lowest BCUT2D eigenvalue weighted by atomic mass is 10.1. The van der Waals surface area contributed by atoms with E-state index in [1.165, 1.54) is 11.3 Å². The molecule has 0 aromatic carbocycles.